The Hall–Kier alpha value is -2.44. The molecule has 3 N–H and O–H groups in total. The van der Waals surface area contributed by atoms with Gasteiger partial charge in [-0.2, -0.15) is 0 Å². The minimum atomic E-state index is 0.535. The SMILES string of the molecule is CCOCc1ccc(NC(=S)Nc2c[nH]c3ccncc23)cc1. The van der Waals surface area contributed by atoms with Gasteiger partial charge < -0.3 is 20.4 Å². The summed E-state index contributed by atoms with van der Waals surface area (Å²) in [7, 11) is 0. The second-order valence-electron chi connectivity index (χ2n) is 5.04. The maximum atomic E-state index is 5.38. The van der Waals surface area contributed by atoms with Gasteiger partial charge in [-0.3, -0.25) is 4.98 Å². The summed E-state index contributed by atoms with van der Waals surface area (Å²) in [6.07, 6.45) is 5.44. The van der Waals surface area contributed by atoms with E-state index in [0.29, 0.717) is 18.3 Å². The summed E-state index contributed by atoms with van der Waals surface area (Å²) in [6, 6.07) is 9.94. The molecule has 5 nitrogen and oxygen atoms in total. The lowest BCUT2D eigenvalue weighted by molar-refractivity contribution is 0.134. The van der Waals surface area contributed by atoms with Crippen LogP contribution in [0.1, 0.15) is 12.5 Å². The molecule has 0 radical (unpaired) electrons. The fourth-order valence-corrected chi connectivity index (χ4v) is 2.48. The monoisotopic (exact) mass is 326 g/mol. The summed E-state index contributed by atoms with van der Waals surface area (Å²) >= 11 is 5.37. The van der Waals surface area contributed by atoms with E-state index in [1.807, 2.05) is 43.5 Å². The molecule has 0 fully saturated rings. The number of thiocarbonyl (C=S) groups is 1. The van der Waals surface area contributed by atoms with Crippen LogP contribution in [0, 0.1) is 0 Å². The summed E-state index contributed by atoms with van der Waals surface area (Å²) in [4.78, 5) is 7.32. The Morgan fingerprint density at radius 1 is 1.22 bits per heavy atom. The normalized spacial score (nSPS) is 10.7. The molecular weight excluding hydrogens is 308 g/mol. The Kier molecular flexibility index (Phi) is 4.85. The van der Waals surface area contributed by atoms with Crippen LogP contribution >= 0.6 is 12.2 Å². The number of hydrogen-bond donors (Lipinski definition) is 3. The van der Waals surface area contributed by atoms with Crippen LogP contribution in [0.2, 0.25) is 0 Å². The van der Waals surface area contributed by atoms with Gasteiger partial charge >= 0.3 is 0 Å². The van der Waals surface area contributed by atoms with Crippen molar-refractivity contribution in [2.24, 2.45) is 0 Å². The minimum absolute atomic E-state index is 0.535. The van der Waals surface area contributed by atoms with Crippen molar-refractivity contribution in [2.45, 2.75) is 13.5 Å². The lowest BCUT2D eigenvalue weighted by Gasteiger charge is -2.10. The molecule has 0 aliphatic heterocycles. The molecule has 0 saturated carbocycles. The van der Waals surface area contributed by atoms with Crippen molar-refractivity contribution in [2.75, 3.05) is 17.2 Å². The van der Waals surface area contributed by atoms with Crippen LogP contribution in [0.3, 0.4) is 0 Å². The van der Waals surface area contributed by atoms with Crippen LogP contribution in [-0.2, 0) is 11.3 Å². The molecule has 0 bridgehead atoms. The predicted octanol–water partition coefficient (Wildman–Crippen LogP) is 3.91. The van der Waals surface area contributed by atoms with E-state index in [4.69, 9.17) is 17.0 Å². The van der Waals surface area contributed by atoms with Crippen molar-refractivity contribution >= 4 is 39.6 Å². The summed E-state index contributed by atoms with van der Waals surface area (Å²) in [5.41, 5.74) is 3.99. The first-order valence-electron chi connectivity index (χ1n) is 7.42. The number of aromatic nitrogens is 2. The van der Waals surface area contributed by atoms with Crippen LogP contribution in [0.4, 0.5) is 11.4 Å². The standard InChI is InChI=1S/C17H18N4OS/c1-2-22-11-12-3-5-13(6-4-12)20-17(23)21-16-10-19-15-7-8-18-9-14(15)16/h3-10,19H,2,11H2,1H3,(H2,20,21,23). The van der Waals surface area contributed by atoms with E-state index < -0.39 is 0 Å². The number of nitrogens with one attached hydrogen (secondary N) is 3. The number of ether oxygens (including phenoxy) is 1. The number of benzene rings is 1. The smallest absolute Gasteiger partial charge is 0.175 e. The van der Waals surface area contributed by atoms with Gasteiger partial charge in [0, 0.05) is 36.3 Å². The maximum absolute atomic E-state index is 5.38. The van der Waals surface area contributed by atoms with Gasteiger partial charge in [-0.15, -0.1) is 0 Å². The molecule has 6 heteroatoms. The van der Waals surface area contributed by atoms with Gasteiger partial charge in [0.05, 0.1) is 17.8 Å². The number of H-pyrrole nitrogens is 1. The number of pyridine rings is 1. The zero-order valence-corrected chi connectivity index (χ0v) is 13.6. The van der Waals surface area contributed by atoms with Crippen molar-refractivity contribution in [1.82, 2.24) is 9.97 Å². The highest BCUT2D eigenvalue weighted by molar-refractivity contribution is 7.80. The zero-order chi connectivity index (χ0) is 16.1. The molecule has 0 amide bonds. The van der Waals surface area contributed by atoms with Crippen LogP contribution in [0.5, 0.6) is 0 Å². The van der Waals surface area contributed by atoms with Gasteiger partial charge in [0.15, 0.2) is 5.11 Å². The van der Waals surface area contributed by atoms with Crippen LogP contribution in [0.15, 0.2) is 48.9 Å². The molecule has 2 heterocycles. The van der Waals surface area contributed by atoms with Crippen molar-refractivity contribution < 1.29 is 4.74 Å². The quantitative estimate of drug-likeness (QED) is 0.621. The second kappa shape index (κ2) is 7.21. The Bertz CT molecular complexity index is 798. The predicted molar refractivity (Wildman–Crippen MR) is 97.7 cm³/mol. The van der Waals surface area contributed by atoms with Crippen LogP contribution in [-0.4, -0.2) is 21.7 Å². The van der Waals surface area contributed by atoms with E-state index in [9.17, 15) is 0 Å². The molecule has 3 rings (SSSR count). The van der Waals surface area contributed by atoms with Crippen molar-refractivity contribution in [3.05, 3.63) is 54.5 Å². The molecule has 2 aromatic heterocycles. The van der Waals surface area contributed by atoms with E-state index in [0.717, 1.165) is 27.8 Å². The zero-order valence-electron chi connectivity index (χ0n) is 12.8. The summed E-state index contributed by atoms with van der Waals surface area (Å²) in [5, 5.41) is 7.90. The highest BCUT2D eigenvalue weighted by Gasteiger charge is 2.05. The fourth-order valence-electron chi connectivity index (χ4n) is 2.25. The Labute approximate surface area is 140 Å². The molecule has 0 atom stereocenters. The average molecular weight is 326 g/mol. The number of aromatic amines is 1. The van der Waals surface area contributed by atoms with E-state index in [-0.39, 0.29) is 0 Å². The molecule has 0 saturated heterocycles. The lowest BCUT2D eigenvalue weighted by Crippen LogP contribution is -2.18. The van der Waals surface area contributed by atoms with Crippen LogP contribution < -0.4 is 10.6 Å². The number of hydrogen-bond acceptors (Lipinski definition) is 3. The molecule has 0 aliphatic rings. The first kappa shape index (κ1) is 15.5. The van der Waals surface area contributed by atoms with E-state index in [1.54, 1.807) is 12.4 Å². The molecular formula is C17H18N4OS. The molecule has 0 unspecified atom stereocenters. The van der Waals surface area contributed by atoms with E-state index in [2.05, 4.69) is 20.6 Å². The minimum Gasteiger partial charge on any atom is -0.377 e. The Balaban J connectivity index is 1.63. The molecule has 23 heavy (non-hydrogen) atoms. The fraction of sp³-hybridized carbons (Fsp3) is 0.176. The van der Waals surface area contributed by atoms with E-state index in [1.165, 1.54) is 0 Å². The first-order valence-corrected chi connectivity index (χ1v) is 7.83. The Morgan fingerprint density at radius 2 is 2.04 bits per heavy atom. The van der Waals surface area contributed by atoms with Gasteiger partial charge in [-0.1, -0.05) is 12.1 Å². The van der Waals surface area contributed by atoms with Gasteiger partial charge in [0.2, 0.25) is 0 Å². The lowest BCUT2D eigenvalue weighted by atomic mass is 10.2. The summed E-state index contributed by atoms with van der Waals surface area (Å²) in [6.45, 7) is 3.33. The van der Waals surface area contributed by atoms with Gasteiger partial charge in [-0.25, -0.2) is 0 Å². The number of rotatable bonds is 5. The topological polar surface area (TPSA) is 62.0 Å². The molecule has 1 aromatic carbocycles. The number of fused-ring (bicyclic) bond motifs is 1. The average Bonchev–Trinajstić information content (AvgIpc) is 2.97. The summed E-state index contributed by atoms with van der Waals surface area (Å²) in [5.74, 6) is 0. The second-order valence-corrected chi connectivity index (χ2v) is 5.45. The highest BCUT2D eigenvalue weighted by atomic mass is 32.1. The third-order valence-corrected chi connectivity index (χ3v) is 3.62. The molecule has 118 valence electrons. The molecule has 3 aromatic rings. The van der Waals surface area contributed by atoms with Crippen molar-refractivity contribution in [3.63, 3.8) is 0 Å². The van der Waals surface area contributed by atoms with Crippen molar-refractivity contribution in [3.8, 4) is 0 Å². The number of nitrogens with zero attached hydrogens (tertiary/aromatic N) is 1. The van der Waals surface area contributed by atoms with Gasteiger partial charge in [0.25, 0.3) is 0 Å². The van der Waals surface area contributed by atoms with Gasteiger partial charge in [-0.05, 0) is 42.9 Å². The third-order valence-electron chi connectivity index (χ3n) is 3.42. The molecule has 0 aliphatic carbocycles. The highest BCUT2D eigenvalue weighted by Crippen LogP contribution is 2.21. The summed E-state index contributed by atoms with van der Waals surface area (Å²) < 4.78 is 5.38. The number of anilines is 2. The maximum Gasteiger partial charge on any atom is 0.175 e. The first-order chi connectivity index (χ1) is 11.3. The third kappa shape index (κ3) is 3.85. The van der Waals surface area contributed by atoms with E-state index >= 15 is 0 Å². The largest absolute Gasteiger partial charge is 0.377 e. The van der Waals surface area contributed by atoms with Gasteiger partial charge in [0.1, 0.15) is 0 Å². The van der Waals surface area contributed by atoms with Crippen molar-refractivity contribution in [1.29, 1.82) is 0 Å². The Morgan fingerprint density at radius 3 is 2.83 bits per heavy atom. The van der Waals surface area contributed by atoms with Crippen LogP contribution in [0.25, 0.3) is 10.9 Å². The molecule has 0 spiro atoms.